The van der Waals surface area contributed by atoms with Crippen LogP contribution in [0.3, 0.4) is 0 Å². The molecule has 34 heavy (non-hydrogen) atoms. The van der Waals surface area contributed by atoms with Crippen LogP contribution in [0.25, 0.3) is 16.9 Å². The third kappa shape index (κ3) is 5.53. The van der Waals surface area contributed by atoms with Crippen LogP contribution in [0.15, 0.2) is 78.9 Å². The summed E-state index contributed by atoms with van der Waals surface area (Å²) >= 11 is 12.1. The Bertz CT molecular complexity index is 1270. The summed E-state index contributed by atoms with van der Waals surface area (Å²) in [5.41, 5.74) is 10.2. The molecule has 0 aliphatic carbocycles. The third-order valence-corrected chi connectivity index (χ3v) is 6.22. The lowest BCUT2D eigenvalue weighted by Crippen LogP contribution is -2.28. The maximum absolute atomic E-state index is 12.5. The Labute approximate surface area is 208 Å². The maximum Gasteiger partial charge on any atom is 0.251 e. The number of carbonyl (C=O) groups excluding carboxylic acids is 1. The van der Waals surface area contributed by atoms with Crippen LogP contribution in [-0.4, -0.2) is 35.8 Å². The van der Waals surface area contributed by atoms with Crippen LogP contribution in [0.5, 0.6) is 0 Å². The Kier molecular flexibility index (Phi) is 7.40. The molecule has 4 rings (SSSR count). The van der Waals surface area contributed by atoms with E-state index in [0.717, 1.165) is 29.9 Å². The minimum Gasteiger partial charge on any atom is -0.384 e. The van der Waals surface area contributed by atoms with Crippen molar-refractivity contribution in [1.82, 2.24) is 15.1 Å². The van der Waals surface area contributed by atoms with Gasteiger partial charge in [0.05, 0.1) is 21.4 Å². The molecule has 1 aromatic heterocycles. The first-order valence-corrected chi connectivity index (χ1v) is 11.6. The summed E-state index contributed by atoms with van der Waals surface area (Å²) in [5, 5.41) is 8.49. The highest BCUT2D eigenvalue weighted by molar-refractivity contribution is 6.42. The number of rotatable bonds is 8. The number of nitrogens with two attached hydrogens (primary N) is 1. The standard InChI is InChI=1S/C26H25Cl2N5O/c1-32(20-6-3-2-4-7-20)15-5-14-30-26(34)18-8-11-21(12-9-18)33-25(29)17-24(31-33)19-10-13-22(27)23(28)16-19/h2-4,6-13,16-17H,5,14-15,29H2,1H3,(H,30,34). The van der Waals surface area contributed by atoms with Gasteiger partial charge < -0.3 is 16.0 Å². The van der Waals surface area contributed by atoms with Crippen molar-refractivity contribution in [3.63, 3.8) is 0 Å². The number of anilines is 2. The fraction of sp³-hybridized carbons (Fsp3) is 0.154. The number of amides is 1. The number of carbonyl (C=O) groups is 1. The quantitative estimate of drug-likeness (QED) is 0.309. The van der Waals surface area contributed by atoms with Crippen molar-refractivity contribution in [3.05, 3.63) is 94.5 Å². The number of nitrogens with zero attached hydrogens (tertiary/aromatic N) is 3. The van der Waals surface area contributed by atoms with Crippen molar-refractivity contribution in [2.24, 2.45) is 0 Å². The summed E-state index contributed by atoms with van der Waals surface area (Å²) in [5.74, 6) is 0.361. The first kappa shape index (κ1) is 23.7. The van der Waals surface area contributed by atoms with E-state index in [4.69, 9.17) is 28.9 Å². The van der Waals surface area contributed by atoms with Gasteiger partial charge in [-0.1, -0.05) is 47.5 Å². The molecule has 0 atom stereocenters. The molecule has 0 aliphatic heterocycles. The van der Waals surface area contributed by atoms with Gasteiger partial charge in [0, 0.05) is 43.0 Å². The van der Waals surface area contributed by atoms with E-state index in [1.54, 1.807) is 35.0 Å². The molecule has 0 saturated heterocycles. The van der Waals surface area contributed by atoms with Gasteiger partial charge in [-0.3, -0.25) is 4.79 Å². The predicted octanol–water partition coefficient (Wildman–Crippen LogP) is 5.68. The Morgan fingerprint density at radius 2 is 1.74 bits per heavy atom. The molecular weight excluding hydrogens is 469 g/mol. The first-order valence-electron chi connectivity index (χ1n) is 10.9. The molecular formula is C26H25Cl2N5O. The number of halogens is 2. The number of para-hydroxylation sites is 1. The molecule has 0 unspecified atom stereocenters. The number of hydrogen-bond acceptors (Lipinski definition) is 4. The van der Waals surface area contributed by atoms with Crippen LogP contribution in [-0.2, 0) is 0 Å². The fourth-order valence-electron chi connectivity index (χ4n) is 3.58. The summed E-state index contributed by atoms with van der Waals surface area (Å²) in [6, 6.07) is 24.4. The molecule has 4 aromatic rings. The first-order chi connectivity index (χ1) is 16.4. The molecule has 0 saturated carbocycles. The molecule has 0 fully saturated rings. The summed E-state index contributed by atoms with van der Waals surface area (Å²) in [6.07, 6.45) is 0.844. The molecule has 1 heterocycles. The Morgan fingerprint density at radius 1 is 1.00 bits per heavy atom. The average Bonchev–Trinajstić information content (AvgIpc) is 3.25. The van der Waals surface area contributed by atoms with E-state index in [0.29, 0.717) is 33.7 Å². The van der Waals surface area contributed by atoms with Gasteiger partial charge in [0.25, 0.3) is 5.91 Å². The minimum absolute atomic E-state index is 0.112. The summed E-state index contributed by atoms with van der Waals surface area (Å²) in [6.45, 7) is 1.44. The molecule has 0 spiro atoms. The predicted molar refractivity (Wildman–Crippen MR) is 140 cm³/mol. The SMILES string of the molecule is CN(CCCNC(=O)c1ccc(-n2nc(-c3ccc(Cl)c(Cl)c3)cc2N)cc1)c1ccccc1. The van der Waals surface area contributed by atoms with Gasteiger partial charge in [0.15, 0.2) is 0 Å². The Balaban J connectivity index is 1.35. The minimum atomic E-state index is -0.112. The lowest BCUT2D eigenvalue weighted by Gasteiger charge is -2.19. The monoisotopic (exact) mass is 493 g/mol. The summed E-state index contributed by atoms with van der Waals surface area (Å²) in [4.78, 5) is 14.7. The van der Waals surface area contributed by atoms with Gasteiger partial charge in [-0.05, 0) is 55.0 Å². The third-order valence-electron chi connectivity index (χ3n) is 5.48. The van der Waals surface area contributed by atoms with Gasteiger partial charge in [-0.15, -0.1) is 0 Å². The van der Waals surface area contributed by atoms with Crippen molar-refractivity contribution in [2.75, 3.05) is 30.8 Å². The number of benzene rings is 3. The van der Waals surface area contributed by atoms with E-state index >= 15 is 0 Å². The summed E-state index contributed by atoms with van der Waals surface area (Å²) < 4.78 is 1.62. The second kappa shape index (κ2) is 10.6. The zero-order chi connectivity index (χ0) is 24.1. The average molecular weight is 494 g/mol. The maximum atomic E-state index is 12.5. The lowest BCUT2D eigenvalue weighted by atomic mass is 10.1. The van der Waals surface area contributed by atoms with Crippen molar-refractivity contribution in [2.45, 2.75) is 6.42 Å². The highest BCUT2D eigenvalue weighted by Crippen LogP contribution is 2.29. The molecule has 6 nitrogen and oxygen atoms in total. The molecule has 0 bridgehead atoms. The molecule has 0 aliphatic rings. The van der Waals surface area contributed by atoms with Gasteiger partial charge in [0.2, 0.25) is 0 Å². The number of nitrogen functional groups attached to an aromatic ring is 1. The van der Waals surface area contributed by atoms with Crippen molar-refractivity contribution in [3.8, 4) is 16.9 Å². The van der Waals surface area contributed by atoms with Crippen LogP contribution in [0, 0.1) is 0 Å². The van der Waals surface area contributed by atoms with Gasteiger partial charge in [-0.2, -0.15) is 5.10 Å². The van der Waals surface area contributed by atoms with Crippen molar-refractivity contribution in [1.29, 1.82) is 0 Å². The van der Waals surface area contributed by atoms with Crippen LogP contribution in [0.1, 0.15) is 16.8 Å². The van der Waals surface area contributed by atoms with E-state index in [1.807, 2.05) is 43.4 Å². The molecule has 3 N–H and O–H groups in total. The zero-order valence-corrected chi connectivity index (χ0v) is 20.2. The molecule has 0 radical (unpaired) electrons. The van der Waals surface area contributed by atoms with E-state index in [9.17, 15) is 4.79 Å². The number of hydrogen-bond donors (Lipinski definition) is 2. The van der Waals surface area contributed by atoms with E-state index in [1.165, 1.54) is 0 Å². The molecule has 8 heteroatoms. The van der Waals surface area contributed by atoms with Crippen LogP contribution < -0.4 is 16.0 Å². The van der Waals surface area contributed by atoms with Gasteiger partial charge in [-0.25, -0.2) is 4.68 Å². The lowest BCUT2D eigenvalue weighted by molar-refractivity contribution is 0.0953. The van der Waals surface area contributed by atoms with E-state index in [-0.39, 0.29) is 5.91 Å². The second-order valence-corrected chi connectivity index (χ2v) is 8.72. The van der Waals surface area contributed by atoms with Crippen molar-refractivity contribution < 1.29 is 4.79 Å². The molecule has 1 amide bonds. The summed E-state index contributed by atoms with van der Waals surface area (Å²) in [7, 11) is 2.05. The molecule has 3 aromatic carbocycles. The second-order valence-electron chi connectivity index (χ2n) is 7.91. The van der Waals surface area contributed by atoms with Crippen LogP contribution in [0.4, 0.5) is 11.5 Å². The Hall–Kier alpha value is -3.48. The zero-order valence-electron chi connectivity index (χ0n) is 18.7. The molecule has 174 valence electrons. The van der Waals surface area contributed by atoms with Crippen molar-refractivity contribution >= 4 is 40.6 Å². The normalized spacial score (nSPS) is 10.8. The van der Waals surface area contributed by atoms with Crippen LogP contribution in [0.2, 0.25) is 10.0 Å². The van der Waals surface area contributed by atoms with Gasteiger partial charge in [0.1, 0.15) is 5.82 Å². The van der Waals surface area contributed by atoms with E-state index in [2.05, 4.69) is 27.4 Å². The largest absolute Gasteiger partial charge is 0.384 e. The number of nitrogens with one attached hydrogen (secondary N) is 1. The topological polar surface area (TPSA) is 76.2 Å². The van der Waals surface area contributed by atoms with E-state index < -0.39 is 0 Å². The van der Waals surface area contributed by atoms with Gasteiger partial charge >= 0.3 is 0 Å². The Morgan fingerprint density at radius 3 is 2.44 bits per heavy atom. The smallest absolute Gasteiger partial charge is 0.251 e. The number of aromatic nitrogens is 2. The fourth-order valence-corrected chi connectivity index (χ4v) is 3.88. The highest BCUT2D eigenvalue weighted by Gasteiger charge is 2.12. The highest BCUT2D eigenvalue weighted by atomic mass is 35.5. The van der Waals surface area contributed by atoms with Crippen LogP contribution >= 0.6 is 23.2 Å².